The first kappa shape index (κ1) is 15.5. The molecule has 1 aromatic rings. The van der Waals surface area contributed by atoms with Gasteiger partial charge in [-0.2, -0.15) is 0 Å². The zero-order valence-corrected chi connectivity index (χ0v) is 11.3. The Hall–Kier alpha value is -1.59. The number of ether oxygens (including phenoxy) is 3. The second-order valence-electron chi connectivity index (χ2n) is 3.90. The second-order valence-corrected chi connectivity index (χ2v) is 3.90. The molecule has 0 aliphatic heterocycles. The summed E-state index contributed by atoms with van der Waals surface area (Å²) in [6, 6.07) is 9.52. The fourth-order valence-corrected chi connectivity index (χ4v) is 1.40. The molecule has 0 bridgehead atoms. The number of esters is 1. The number of anilines is 1. The minimum atomic E-state index is -0.288. The summed E-state index contributed by atoms with van der Waals surface area (Å²) in [5.74, 6) is -0.288. The zero-order valence-electron chi connectivity index (χ0n) is 11.3. The molecule has 0 saturated carbocycles. The lowest BCUT2D eigenvalue weighted by Gasteiger charge is -2.07. The van der Waals surface area contributed by atoms with Crippen molar-refractivity contribution in [3.63, 3.8) is 0 Å². The van der Waals surface area contributed by atoms with Crippen molar-refractivity contribution in [1.29, 1.82) is 0 Å². The molecule has 5 heteroatoms. The Balaban J connectivity index is 1.96. The quantitative estimate of drug-likeness (QED) is 0.516. The molecule has 0 fully saturated rings. The van der Waals surface area contributed by atoms with E-state index in [9.17, 15) is 4.79 Å². The van der Waals surface area contributed by atoms with Crippen LogP contribution < -0.4 is 5.32 Å². The van der Waals surface area contributed by atoms with Gasteiger partial charge >= 0.3 is 5.97 Å². The third-order valence-electron chi connectivity index (χ3n) is 2.34. The topological polar surface area (TPSA) is 56.8 Å². The monoisotopic (exact) mass is 267 g/mol. The first-order valence-corrected chi connectivity index (χ1v) is 6.34. The van der Waals surface area contributed by atoms with E-state index in [0.717, 1.165) is 12.1 Å². The molecule has 0 atom stereocenters. The average Bonchev–Trinajstić information content (AvgIpc) is 2.45. The van der Waals surface area contributed by atoms with Gasteiger partial charge in [-0.1, -0.05) is 18.2 Å². The first-order valence-electron chi connectivity index (χ1n) is 6.34. The highest BCUT2D eigenvalue weighted by molar-refractivity contribution is 5.74. The van der Waals surface area contributed by atoms with E-state index in [2.05, 4.69) is 5.32 Å². The fourth-order valence-electron chi connectivity index (χ4n) is 1.40. The lowest BCUT2D eigenvalue weighted by Crippen LogP contribution is -2.19. The Kier molecular flexibility index (Phi) is 8.42. The molecule has 5 nitrogen and oxygen atoms in total. The molecule has 19 heavy (non-hydrogen) atoms. The number of carbonyl (C=O) groups excluding carboxylic acids is 1. The van der Waals surface area contributed by atoms with Crippen LogP contribution in [0.2, 0.25) is 0 Å². The molecule has 0 aliphatic carbocycles. The van der Waals surface area contributed by atoms with Crippen molar-refractivity contribution in [3.05, 3.63) is 30.3 Å². The molecule has 0 radical (unpaired) electrons. The van der Waals surface area contributed by atoms with E-state index in [1.165, 1.54) is 0 Å². The lowest BCUT2D eigenvalue weighted by atomic mass is 10.3. The van der Waals surface area contributed by atoms with Gasteiger partial charge in [-0.3, -0.25) is 4.79 Å². The van der Waals surface area contributed by atoms with Crippen molar-refractivity contribution in [2.45, 2.75) is 6.42 Å². The second kappa shape index (κ2) is 10.3. The predicted octanol–water partition coefficient (Wildman–Crippen LogP) is 1.69. The SMILES string of the molecule is COCCCOCCOC(=O)CNc1ccccc1. The molecule has 1 rings (SSSR count). The Morgan fingerprint density at radius 3 is 2.63 bits per heavy atom. The third-order valence-corrected chi connectivity index (χ3v) is 2.34. The number of benzene rings is 1. The van der Waals surface area contributed by atoms with E-state index < -0.39 is 0 Å². The highest BCUT2D eigenvalue weighted by Gasteiger charge is 2.01. The van der Waals surface area contributed by atoms with Crippen LogP contribution in [0.1, 0.15) is 6.42 Å². The van der Waals surface area contributed by atoms with Gasteiger partial charge in [-0.15, -0.1) is 0 Å². The number of nitrogens with one attached hydrogen (secondary N) is 1. The minimum absolute atomic E-state index is 0.160. The van der Waals surface area contributed by atoms with Crippen molar-refractivity contribution in [2.75, 3.05) is 45.4 Å². The Morgan fingerprint density at radius 1 is 1.11 bits per heavy atom. The van der Waals surface area contributed by atoms with Gasteiger partial charge in [-0.25, -0.2) is 0 Å². The maximum absolute atomic E-state index is 11.4. The number of hydrogen-bond donors (Lipinski definition) is 1. The summed E-state index contributed by atoms with van der Waals surface area (Å²) in [7, 11) is 1.65. The summed E-state index contributed by atoms with van der Waals surface area (Å²) in [4.78, 5) is 11.4. The summed E-state index contributed by atoms with van der Waals surface area (Å²) in [5, 5.41) is 2.98. The molecular formula is C14H21NO4. The van der Waals surface area contributed by atoms with E-state index in [4.69, 9.17) is 14.2 Å². The van der Waals surface area contributed by atoms with Crippen LogP contribution in [0.4, 0.5) is 5.69 Å². The smallest absolute Gasteiger partial charge is 0.325 e. The van der Waals surface area contributed by atoms with Crippen LogP contribution in [-0.2, 0) is 19.0 Å². The van der Waals surface area contributed by atoms with Crippen LogP contribution in [0, 0.1) is 0 Å². The summed E-state index contributed by atoms with van der Waals surface area (Å²) < 4.78 is 15.2. The van der Waals surface area contributed by atoms with Crippen LogP contribution in [0.5, 0.6) is 0 Å². The summed E-state index contributed by atoms with van der Waals surface area (Å²) in [6.07, 6.45) is 0.847. The Morgan fingerprint density at radius 2 is 1.89 bits per heavy atom. The van der Waals surface area contributed by atoms with Crippen LogP contribution in [0.25, 0.3) is 0 Å². The molecule has 0 amide bonds. The normalized spacial score (nSPS) is 10.2. The number of para-hydroxylation sites is 1. The maximum atomic E-state index is 11.4. The summed E-state index contributed by atoms with van der Waals surface area (Å²) in [6.45, 7) is 2.16. The van der Waals surface area contributed by atoms with Gasteiger partial charge < -0.3 is 19.5 Å². The minimum Gasteiger partial charge on any atom is -0.462 e. The van der Waals surface area contributed by atoms with E-state index >= 15 is 0 Å². The molecule has 1 aromatic carbocycles. The lowest BCUT2D eigenvalue weighted by molar-refractivity contribution is -0.143. The largest absolute Gasteiger partial charge is 0.462 e. The molecule has 0 saturated heterocycles. The Labute approximate surface area is 113 Å². The van der Waals surface area contributed by atoms with Gasteiger partial charge in [0.2, 0.25) is 0 Å². The molecule has 1 N–H and O–H groups in total. The summed E-state index contributed by atoms with van der Waals surface area (Å²) in [5.41, 5.74) is 0.898. The third kappa shape index (κ3) is 8.18. The van der Waals surface area contributed by atoms with Crippen molar-refractivity contribution in [2.24, 2.45) is 0 Å². The zero-order chi connectivity index (χ0) is 13.8. The highest BCUT2D eigenvalue weighted by atomic mass is 16.6. The molecule has 0 aromatic heterocycles. The number of methoxy groups -OCH3 is 1. The van der Waals surface area contributed by atoms with Crippen molar-refractivity contribution in [3.8, 4) is 0 Å². The van der Waals surface area contributed by atoms with Crippen LogP contribution >= 0.6 is 0 Å². The van der Waals surface area contributed by atoms with Gasteiger partial charge in [0.1, 0.15) is 13.2 Å². The molecule has 0 aliphatic rings. The van der Waals surface area contributed by atoms with Gasteiger partial charge in [0.15, 0.2) is 0 Å². The molecule has 0 unspecified atom stereocenters. The molecule has 106 valence electrons. The van der Waals surface area contributed by atoms with Crippen molar-refractivity contribution >= 4 is 11.7 Å². The molecule has 0 heterocycles. The number of rotatable bonds is 10. The average molecular weight is 267 g/mol. The van der Waals surface area contributed by atoms with E-state index in [1.54, 1.807) is 7.11 Å². The molecular weight excluding hydrogens is 246 g/mol. The van der Waals surface area contributed by atoms with Crippen LogP contribution in [0.15, 0.2) is 30.3 Å². The predicted molar refractivity (Wildman–Crippen MR) is 73.2 cm³/mol. The van der Waals surface area contributed by atoms with Gasteiger partial charge in [0, 0.05) is 26.0 Å². The first-order chi connectivity index (χ1) is 9.33. The fraction of sp³-hybridized carbons (Fsp3) is 0.500. The molecule has 0 spiro atoms. The van der Waals surface area contributed by atoms with Crippen molar-refractivity contribution < 1.29 is 19.0 Å². The van der Waals surface area contributed by atoms with Gasteiger partial charge in [-0.05, 0) is 18.6 Å². The van der Waals surface area contributed by atoms with E-state index in [0.29, 0.717) is 19.8 Å². The van der Waals surface area contributed by atoms with Crippen LogP contribution in [-0.4, -0.2) is 46.1 Å². The standard InChI is InChI=1S/C14H21NO4/c1-17-8-5-9-18-10-11-19-14(16)12-15-13-6-3-2-4-7-13/h2-4,6-7,15H,5,8-12H2,1H3. The van der Waals surface area contributed by atoms with Gasteiger partial charge in [0.05, 0.1) is 6.61 Å². The van der Waals surface area contributed by atoms with Crippen LogP contribution in [0.3, 0.4) is 0 Å². The van der Waals surface area contributed by atoms with Gasteiger partial charge in [0.25, 0.3) is 0 Å². The van der Waals surface area contributed by atoms with E-state index in [-0.39, 0.29) is 19.1 Å². The highest BCUT2D eigenvalue weighted by Crippen LogP contribution is 2.03. The summed E-state index contributed by atoms with van der Waals surface area (Å²) >= 11 is 0. The number of hydrogen-bond acceptors (Lipinski definition) is 5. The number of carbonyl (C=O) groups is 1. The van der Waals surface area contributed by atoms with E-state index in [1.807, 2.05) is 30.3 Å². The maximum Gasteiger partial charge on any atom is 0.325 e. The van der Waals surface area contributed by atoms with Crippen molar-refractivity contribution in [1.82, 2.24) is 0 Å². The Bertz CT molecular complexity index is 343.